The molecule has 1 fully saturated rings. The number of benzene rings is 2. The highest BCUT2D eigenvalue weighted by atomic mass is 32.2. The third kappa shape index (κ3) is 6.60. The highest BCUT2D eigenvalue weighted by molar-refractivity contribution is 7.97. The number of allylic oxidation sites excluding steroid dienone is 2. The molecule has 1 saturated heterocycles. The average Bonchev–Trinajstić information content (AvgIpc) is 2.84. The smallest absolute Gasteiger partial charge is 0.123 e. The van der Waals surface area contributed by atoms with E-state index in [1.807, 2.05) is 11.9 Å². The summed E-state index contributed by atoms with van der Waals surface area (Å²) in [5, 5.41) is 3.51. The molecule has 1 aliphatic heterocycles. The summed E-state index contributed by atoms with van der Waals surface area (Å²) in [4.78, 5) is 1.27. The summed E-state index contributed by atoms with van der Waals surface area (Å²) < 4.78 is 27.2. The molecule has 2 aliphatic rings. The molecule has 4 nitrogen and oxygen atoms in total. The van der Waals surface area contributed by atoms with E-state index in [9.17, 15) is 4.39 Å². The van der Waals surface area contributed by atoms with Gasteiger partial charge < -0.3 is 14.8 Å². The standard InChI is InChI=1S/C30H39FN2O2S/c1-22-19-30(21-35-17-16-34-5)20-33(36-27-12-6-23(7-13-27)29(2,3)4)15-14-24(30)18-28(22)32-26-10-8-25(31)9-11-26/h6-13,18,32H,14-17,19-21H2,1-5H3. The van der Waals surface area contributed by atoms with Crippen molar-refractivity contribution < 1.29 is 13.9 Å². The number of nitrogens with one attached hydrogen (secondary N) is 1. The molecule has 1 aliphatic carbocycles. The largest absolute Gasteiger partial charge is 0.382 e. The van der Waals surface area contributed by atoms with Gasteiger partial charge in [0.15, 0.2) is 0 Å². The molecule has 0 bridgehead atoms. The van der Waals surface area contributed by atoms with Crippen molar-refractivity contribution in [1.29, 1.82) is 0 Å². The molecule has 1 N–H and O–H groups in total. The van der Waals surface area contributed by atoms with Crippen LogP contribution >= 0.6 is 11.9 Å². The Morgan fingerprint density at radius 3 is 2.44 bits per heavy atom. The Morgan fingerprint density at radius 1 is 1.06 bits per heavy atom. The summed E-state index contributed by atoms with van der Waals surface area (Å²) in [7, 11) is 1.71. The molecule has 36 heavy (non-hydrogen) atoms. The maximum atomic E-state index is 13.4. The molecule has 194 valence electrons. The lowest BCUT2D eigenvalue weighted by atomic mass is 9.69. The molecule has 0 aromatic heterocycles. The van der Waals surface area contributed by atoms with Crippen LogP contribution in [-0.2, 0) is 14.9 Å². The van der Waals surface area contributed by atoms with Gasteiger partial charge in [-0.2, -0.15) is 0 Å². The van der Waals surface area contributed by atoms with Crippen LogP contribution in [0.5, 0.6) is 0 Å². The molecule has 4 rings (SSSR count). The number of fused-ring (bicyclic) bond motifs is 1. The van der Waals surface area contributed by atoms with Gasteiger partial charge in [-0.25, -0.2) is 8.70 Å². The van der Waals surface area contributed by atoms with Crippen LogP contribution in [0.3, 0.4) is 0 Å². The monoisotopic (exact) mass is 510 g/mol. The van der Waals surface area contributed by atoms with E-state index in [4.69, 9.17) is 9.47 Å². The lowest BCUT2D eigenvalue weighted by Crippen LogP contribution is -2.46. The number of piperidine rings is 1. The lowest BCUT2D eigenvalue weighted by Gasteiger charge is -2.46. The van der Waals surface area contributed by atoms with Crippen molar-refractivity contribution in [3.05, 3.63) is 82.8 Å². The first-order chi connectivity index (χ1) is 17.2. The topological polar surface area (TPSA) is 33.7 Å². The summed E-state index contributed by atoms with van der Waals surface area (Å²) >= 11 is 1.85. The number of halogens is 1. The fraction of sp³-hybridized carbons (Fsp3) is 0.467. The second kappa shape index (κ2) is 11.5. The third-order valence-electron chi connectivity index (χ3n) is 7.06. The maximum Gasteiger partial charge on any atom is 0.123 e. The number of hydrogen-bond donors (Lipinski definition) is 1. The van der Waals surface area contributed by atoms with Gasteiger partial charge in [-0.05, 0) is 90.7 Å². The van der Waals surface area contributed by atoms with Crippen LogP contribution in [0, 0.1) is 11.2 Å². The fourth-order valence-corrected chi connectivity index (χ4v) is 6.05. The van der Waals surface area contributed by atoms with E-state index in [1.165, 1.54) is 33.7 Å². The van der Waals surface area contributed by atoms with Crippen LogP contribution in [0.25, 0.3) is 0 Å². The van der Waals surface area contributed by atoms with Gasteiger partial charge in [0, 0.05) is 41.9 Å². The van der Waals surface area contributed by atoms with Gasteiger partial charge in [0.2, 0.25) is 0 Å². The molecule has 0 saturated carbocycles. The third-order valence-corrected chi connectivity index (χ3v) is 8.11. The predicted molar refractivity (Wildman–Crippen MR) is 148 cm³/mol. The van der Waals surface area contributed by atoms with Gasteiger partial charge in [0.1, 0.15) is 5.82 Å². The van der Waals surface area contributed by atoms with Gasteiger partial charge >= 0.3 is 0 Å². The number of ether oxygens (including phenoxy) is 2. The molecule has 2 aromatic carbocycles. The maximum absolute atomic E-state index is 13.4. The number of methoxy groups -OCH3 is 1. The highest BCUT2D eigenvalue weighted by Gasteiger charge is 2.42. The zero-order valence-electron chi connectivity index (χ0n) is 22.2. The van der Waals surface area contributed by atoms with Crippen LogP contribution in [-0.4, -0.2) is 44.3 Å². The van der Waals surface area contributed by atoms with Gasteiger partial charge in [0.05, 0.1) is 19.8 Å². The first-order valence-electron chi connectivity index (χ1n) is 12.7. The van der Waals surface area contributed by atoms with E-state index in [2.05, 4.69) is 67.7 Å². The molecule has 0 radical (unpaired) electrons. The van der Waals surface area contributed by atoms with Crippen LogP contribution in [0.2, 0.25) is 0 Å². The molecule has 2 aromatic rings. The van der Waals surface area contributed by atoms with Crippen LogP contribution in [0.15, 0.2) is 76.3 Å². The minimum atomic E-state index is -0.224. The molecule has 1 atom stereocenters. The normalized spacial score (nSPS) is 20.8. The molecule has 0 amide bonds. The van der Waals surface area contributed by atoms with Crippen molar-refractivity contribution in [2.75, 3.05) is 45.3 Å². The Bertz CT molecular complexity index is 1090. The number of nitrogens with zero attached hydrogens (tertiary/aromatic N) is 1. The minimum Gasteiger partial charge on any atom is -0.382 e. The van der Waals surface area contributed by atoms with Crippen molar-refractivity contribution in [3.8, 4) is 0 Å². The summed E-state index contributed by atoms with van der Waals surface area (Å²) in [5.74, 6) is -0.224. The summed E-state index contributed by atoms with van der Waals surface area (Å²) in [6.45, 7) is 12.7. The van der Waals surface area contributed by atoms with Crippen molar-refractivity contribution in [1.82, 2.24) is 4.31 Å². The first-order valence-corrected chi connectivity index (χ1v) is 13.5. The summed E-state index contributed by atoms with van der Waals surface area (Å²) in [6.07, 6.45) is 4.22. The van der Waals surface area contributed by atoms with Gasteiger partial charge in [-0.15, -0.1) is 0 Å². The number of rotatable bonds is 9. The second-order valence-electron chi connectivity index (χ2n) is 11.0. The zero-order chi connectivity index (χ0) is 25.8. The molecule has 1 unspecified atom stereocenters. The van der Waals surface area contributed by atoms with E-state index < -0.39 is 0 Å². The minimum absolute atomic E-state index is 0.0671. The molecule has 0 spiro atoms. The second-order valence-corrected chi connectivity index (χ2v) is 12.1. The van der Waals surface area contributed by atoms with Gasteiger partial charge in [0.25, 0.3) is 0 Å². The summed E-state index contributed by atoms with van der Waals surface area (Å²) in [5.41, 5.74) is 6.18. The van der Waals surface area contributed by atoms with Crippen molar-refractivity contribution in [2.24, 2.45) is 5.41 Å². The quantitative estimate of drug-likeness (QED) is 0.285. The first kappa shape index (κ1) is 26.9. The van der Waals surface area contributed by atoms with E-state index in [-0.39, 0.29) is 16.6 Å². The van der Waals surface area contributed by atoms with Crippen LogP contribution in [0.4, 0.5) is 10.1 Å². The molecular formula is C30H39FN2O2S. The lowest BCUT2D eigenvalue weighted by molar-refractivity contribution is 0.0151. The fourth-order valence-electron chi connectivity index (χ4n) is 5.00. The SMILES string of the molecule is COCCOCC12CC(C)=C(Nc3ccc(F)cc3)C=C1CCN(Sc1ccc(C(C)(C)C)cc1)C2. The van der Waals surface area contributed by atoms with E-state index >= 15 is 0 Å². The number of hydrogen-bond acceptors (Lipinski definition) is 5. The molecule has 6 heteroatoms. The van der Waals surface area contributed by atoms with Gasteiger partial charge in [-0.1, -0.05) is 38.5 Å². The Kier molecular flexibility index (Phi) is 8.61. The van der Waals surface area contributed by atoms with Gasteiger partial charge in [-0.3, -0.25) is 0 Å². The summed E-state index contributed by atoms with van der Waals surface area (Å²) in [6, 6.07) is 15.5. The molecule has 1 heterocycles. The van der Waals surface area contributed by atoms with Crippen molar-refractivity contribution in [3.63, 3.8) is 0 Å². The number of anilines is 1. The van der Waals surface area contributed by atoms with E-state index in [0.29, 0.717) is 19.8 Å². The predicted octanol–water partition coefficient (Wildman–Crippen LogP) is 7.20. The van der Waals surface area contributed by atoms with Crippen molar-refractivity contribution >= 4 is 17.6 Å². The Labute approximate surface area is 220 Å². The van der Waals surface area contributed by atoms with Crippen LogP contribution < -0.4 is 5.32 Å². The highest BCUT2D eigenvalue weighted by Crippen LogP contribution is 2.47. The van der Waals surface area contributed by atoms with E-state index in [1.54, 1.807) is 19.2 Å². The average molecular weight is 511 g/mol. The Hall–Kier alpha value is -2.12. The van der Waals surface area contributed by atoms with Crippen LogP contribution in [0.1, 0.15) is 46.1 Å². The zero-order valence-corrected chi connectivity index (χ0v) is 23.0. The Morgan fingerprint density at radius 2 is 1.78 bits per heavy atom. The molecular weight excluding hydrogens is 471 g/mol. The van der Waals surface area contributed by atoms with E-state index in [0.717, 1.165) is 37.3 Å². The Balaban J connectivity index is 1.51. The van der Waals surface area contributed by atoms with Crippen molar-refractivity contribution in [2.45, 2.75) is 50.8 Å².